The van der Waals surface area contributed by atoms with E-state index in [2.05, 4.69) is 0 Å². The summed E-state index contributed by atoms with van der Waals surface area (Å²) in [7, 11) is 0. The number of hydrogen-bond donors (Lipinski definition) is 1. The molecule has 274 valence electrons. The molecule has 0 aromatic carbocycles. The molecule has 3 saturated carbocycles. The first-order valence-electron chi connectivity index (χ1n) is 21.7. The smallest absolute Gasteiger partial charge is 0.157 e. The lowest BCUT2D eigenvalue weighted by Crippen LogP contribution is -2.35. The molecule has 4 fully saturated rings. The molecule has 0 aromatic heterocycles. The van der Waals surface area contributed by atoms with Crippen LogP contribution in [0.4, 0.5) is 0 Å². The van der Waals surface area contributed by atoms with Crippen LogP contribution in [0.15, 0.2) is 0 Å². The maximum atomic E-state index is 10.1. The van der Waals surface area contributed by atoms with Gasteiger partial charge < -0.3 is 14.6 Å². The van der Waals surface area contributed by atoms with Gasteiger partial charge in [0.05, 0.1) is 13.2 Å². The van der Waals surface area contributed by atoms with Crippen LogP contribution >= 0.6 is 0 Å². The minimum absolute atomic E-state index is 0.0278. The first-order valence-corrected chi connectivity index (χ1v) is 21.7. The Hall–Kier alpha value is -0.120. The molecule has 3 heteroatoms. The number of hydrogen-bond acceptors (Lipinski definition) is 3. The third-order valence-corrected chi connectivity index (χ3v) is 11.5. The van der Waals surface area contributed by atoms with Crippen molar-refractivity contribution in [2.45, 2.75) is 250 Å². The van der Waals surface area contributed by atoms with Crippen LogP contribution in [0.25, 0.3) is 0 Å². The lowest BCUT2D eigenvalue weighted by atomic mass is 9.79. The van der Waals surface area contributed by atoms with Gasteiger partial charge in [0.1, 0.15) is 0 Å². The van der Waals surface area contributed by atoms with Crippen LogP contribution in [-0.4, -0.2) is 31.2 Å². The Balaban J connectivity index is 0.000000261. The molecule has 46 heavy (non-hydrogen) atoms. The van der Waals surface area contributed by atoms with E-state index < -0.39 is 0 Å². The SMILES string of the molecule is C1CCCCCCCCCCC1.C1CCCCCCCCCCC1.OCC1(COC2CCCCO2)CCCCCCCCCCC1. The van der Waals surface area contributed by atoms with Crippen molar-refractivity contribution in [1.29, 1.82) is 0 Å². The van der Waals surface area contributed by atoms with Gasteiger partial charge in [-0.25, -0.2) is 0 Å². The molecule has 0 bridgehead atoms. The van der Waals surface area contributed by atoms with Crippen LogP contribution in [0.1, 0.15) is 244 Å². The van der Waals surface area contributed by atoms with Crippen molar-refractivity contribution in [3.8, 4) is 0 Å². The molecule has 0 radical (unpaired) electrons. The van der Waals surface area contributed by atoms with Crippen LogP contribution in [0.2, 0.25) is 0 Å². The van der Waals surface area contributed by atoms with Crippen molar-refractivity contribution in [1.82, 2.24) is 0 Å². The molecular formula is C43H84O3. The van der Waals surface area contributed by atoms with Gasteiger partial charge in [-0.3, -0.25) is 0 Å². The van der Waals surface area contributed by atoms with Crippen LogP contribution in [0.3, 0.4) is 0 Å². The fourth-order valence-corrected chi connectivity index (χ4v) is 8.07. The highest BCUT2D eigenvalue weighted by Crippen LogP contribution is 2.34. The predicted octanol–water partition coefficient (Wildman–Crippen LogP) is 14.2. The van der Waals surface area contributed by atoms with Gasteiger partial charge in [0.15, 0.2) is 6.29 Å². The Morgan fingerprint density at radius 3 is 0.913 bits per heavy atom. The first-order chi connectivity index (χ1) is 22.8. The zero-order valence-electron chi connectivity index (χ0n) is 31.3. The Kier molecular flexibility index (Phi) is 29.3. The van der Waals surface area contributed by atoms with Crippen LogP contribution in [0, 0.1) is 5.41 Å². The van der Waals surface area contributed by atoms with Gasteiger partial charge >= 0.3 is 0 Å². The average Bonchev–Trinajstić information content (AvgIpc) is 3.06. The summed E-state index contributed by atoms with van der Waals surface area (Å²) in [5.74, 6) is 0. The van der Waals surface area contributed by atoms with E-state index in [9.17, 15) is 5.11 Å². The Labute approximate surface area is 289 Å². The van der Waals surface area contributed by atoms with Crippen molar-refractivity contribution in [3.05, 3.63) is 0 Å². The largest absolute Gasteiger partial charge is 0.396 e. The molecule has 1 aliphatic heterocycles. The van der Waals surface area contributed by atoms with Gasteiger partial charge in [-0.1, -0.05) is 212 Å². The molecule has 3 aliphatic carbocycles. The van der Waals surface area contributed by atoms with Gasteiger partial charge in [0, 0.05) is 12.0 Å². The molecule has 0 amide bonds. The van der Waals surface area contributed by atoms with Gasteiger partial charge in [0.25, 0.3) is 0 Å². The van der Waals surface area contributed by atoms with Gasteiger partial charge in [-0.2, -0.15) is 0 Å². The molecule has 0 spiro atoms. The molecule has 4 rings (SSSR count). The molecule has 3 nitrogen and oxygen atoms in total. The van der Waals surface area contributed by atoms with Crippen molar-refractivity contribution in [2.24, 2.45) is 5.41 Å². The number of rotatable bonds is 4. The third-order valence-electron chi connectivity index (χ3n) is 11.5. The minimum atomic E-state index is -0.0291. The summed E-state index contributed by atoms with van der Waals surface area (Å²) < 4.78 is 11.8. The van der Waals surface area contributed by atoms with E-state index in [0.717, 1.165) is 32.3 Å². The number of ether oxygens (including phenoxy) is 2. The fourth-order valence-electron chi connectivity index (χ4n) is 8.07. The van der Waals surface area contributed by atoms with Crippen LogP contribution in [-0.2, 0) is 9.47 Å². The Morgan fingerprint density at radius 2 is 0.674 bits per heavy atom. The second-order valence-electron chi connectivity index (χ2n) is 15.9. The first kappa shape index (κ1) is 42.0. The van der Waals surface area contributed by atoms with E-state index in [4.69, 9.17) is 9.47 Å². The predicted molar refractivity (Wildman–Crippen MR) is 201 cm³/mol. The van der Waals surface area contributed by atoms with E-state index in [0.29, 0.717) is 6.61 Å². The summed E-state index contributed by atoms with van der Waals surface area (Å²) in [6.45, 7) is 1.77. The lowest BCUT2D eigenvalue weighted by molar-refractivity contribution is -0.184. The zero-order valence-corrected chi connectivity index (χ0v) is 31.3. The summed E-state index contributed by atoms with van der Waals surface area (Å²) in [6, 6.07) is 0. The second kappa shape index (κ2) is 32.1. The highest BCUT2D eigenvalue weighted by atomic mass is 16.7. The van der Waals surface area contributed by atoms with Gasteiger partial charge in [-0.15, -0.1) is 0 Å². The summed E-state index contributed by atoms with van der Waals surface area (Å²) in [6.07, 6.45) is 53.5. The summed E-state index contributed by atoms with van der Waals surface area (Å²) in [5, 5.41) is 10.1. The highest BCUT2D eigenvalue weighted by Gasteiger charge is 2.31. The molecule has 0 aromatic rings. The molecule has 1 atom stereocenters. The van der Waals surface area contributed by atoms with E-state index >= 15 is 0 Å². The fraction of sp³-hybridized carbons (Fsp3) is 1.00. The minimum Gasteiger partial charge on any atom is -0.396 e. The van der Waals surface area contributed by atoms with E-state index in [1.165, 1.54) is 218 Å². The van der Waals surface area contributed by atoms with E-state index in [-0.39, 0.29) is 18.3 Å². The van der Waals surface area contributed by atoms with Crippen molar-refractivity contribution in [2.75, 3.05) is 19.8 Å². The van der Waals surface area contributed by atoms with Crippen LogP contribution < -0.4 is 0 Å². The summed E-state index contributed by atoms with van der Waals surface area (Å²) >= 11 is 0. The highest BCUT2D eigenvalue weighted by molar-refractivity contribution is 4.79. The van der Waals surface area contributed by atoms with Gasteiger partial charge in [-0.05, 0) is 32.1 Å². The quantitative estimate of drug-likeness (QED) is 0.330. The van der Waals surface area contributed by atoms with Crippen LogP contribution in [0.5, 0.6) is 0 Å². The second-order valence-corrected chi connectivity index (χ2v) is 15.9. The standard InChI is InChI=1S/C19H36O3.2C12H24/c20-16-19(17-22-18-12-8-11-15-21-18)13-9-6-4-2-1-3-5-7-10-14-19;2*1-2-4-6-8-10-12-11-9-7-5-3-1/h18,20H,1-17H2;2*1-12H2. The maximum absolute atomic E-state index is 10.1. The molecule has 4 aliphatic rings. The summed E-state index contributed by atoms with van der Waals surface area (Å²) in [4.78, 5) is 0. The maximum Gasteiger partial charge on any atom is 0.157 e. The van der Waals surface area contributed by atoms with Crippen molar-refractivity contribution < 1.29 is 14.6 Å². The molecular weight excluding hydrogens is 564 g/mol. The summed E-state index contributed by atoms with van der Waals surface area (Å²) in [5.41, 5.74) is -0.0278. The molecule has 1 N–H and O–H groups in total. The average molecular weight is 649 g/mol. The van der Waals surface area contributed by atoms with E-state index in [1.807, 2.05) is 0 Å². The monoisotopic (exact) mass is 649 g/mol. The Bertz CT molecular complexity index is 479. The molecule has 1 unspecified atom stereocenters. The van der Waals surface area contributed by atoms with Gasteiger partial charge in [0.2, 0.25) is 0 Å². The topological polar surface area (TPSA) is 38.7 Å². The van der Waals surface area contributed by atoms with Crippen molar-refractivity contribution in [3.63, 3.8) is 0 Å². The Morgan fingerprint density at radius 1 is 0.391 bits per heavy atom. The van der Waals surface area contributed by atoms with E-state index in [1.54, 1.807) is 0 Å². The third kappa shape index (κ3) is 24.9. The zero-order chi connectivity index (χ0) is 32.5. The molecule has 1 heterocycles. The number of aliphatic hydroxyl groups is 1. The molecule has 1 saturated heterocycles. The normalized spacial score (nSPS) is 26.2. The lowest BCUT2D eigenvalue weighted by Gasteiger charge is -2.34. The number of aliphatic hydroxyl groups excluding tert-OH is 1. The van der Waals surface area contributed by atoms with Crippen molar-refractivity contribution >= 4 is 0 Å².